The molecule has 116 valence electrons. The number of ether oxygens (including phenoxy) is 2. The molecule has 0 aromatic heterocycles. The van der Waals surface area contributed by atoms with E-state index in [0.29, 0.717) is 0 Å². The lowest BCUT2D eigenvalue weighted by molar-refractivity contribution is -0.143. The normalized spacial score (nSPS) is 10.5. The zero-order valence-corrected chi connectivity index (χ0v) is 12.0. The largest absolute Gasteiger partial charge is 0.466 e. The summed E-state index contributed by atoms with van der Waals surface area (Å²) in [5.74, 6) is -1.03. The summed E-state index contributed by atoms with van der Waals surface area (Å²) in [6.45, 7) is 3.77. The summed E-state index contributed by atoms with van der Waals surface area (Å²) in [6.07, 6.45) is -2.59. The van der Waals surface area contributed by atoms with Gasteiger partial charge in [0.05, 0.1) is 18.8 Å². The van der Waals surface area contributed by atoms with E-state index in [-0.39, 0.29) is 42.7 Å². The molecular weight excluding hydrogens is 282 g/mol. The van der Waals surface area contributed by atoms with E-state index >= 15 is 0 Å². The first-order chi connectivity index (χ1) is 9.99. The Kier molecular flexibility index (Phi) is 6.78. The number of carbonyl (C=O) groups is 2. The average Bonchev–Trinajstić information content (AvgIpc) is 2.45. The first-order valence-corrected chi connectivity index (χ1v) is 6.73. The van der Waals surface area contributed by atoms with E-state index < -0.39 is 18.4 Å². The monoisotopic (exact) mass is 300 g/mol. The molecule has 0 amide bonds. The zero-order valence-electron chi connectivity index (χ0n) is 12.0. The molecule has 0 fully saturated rings. The van der Waals surface area contributed by atoms with E-state index in [9.17, 15) is 18.4 Å². The predicted octanol–water partition coefficient (Wildman–Crippen LogP) is 3.30. The molecule has 0 unspecified atom stereocenters. The topological polar surface area (TPSA) is 52.6 Å². The molecule has 0 saturated carbocycles. The van der Waals surface area contributed by atoms with Crippen molar-refractivity contribution in [3.63, 3.8) is 0 Å². The van der Waals surface area contributed by atoms with Crippen LogP contribution in [0.1, 0.15) is 48.2 Å². The molecule has 21 heavy (non-hydrogen) atoms. The molecule has 0 atom stereocenters. The predicted molar refractivity (Wildman–Crippen MR) is 72.3 cm³/mol. The van der Waals surface area contributed by atoms with Crippen LogP contribution in [0, 0.1) is 0 Å². The van der Waals surface area contributed by atoms with Crippen molar-refractivity contribution in [3.05, 3.63) is 34.9 Å². The minimum atomic E-state index is -2.67. The maximum absolute atomic E-state index is 12.9. The second-order valence-corrected chi connectivity index (χ2v) is 4.24. The number of hydrogen-bond acceptors (Lipinski definition) is 4. The molecule has 0 aliphatic carbocycles. The summed E-state index contributed by atoms with van der Waals surface area (Å²) in [5.41, 5.74) is 0.260. The fourth-order valence-corrected chi connectivity index (χ4v) is 1.85. The Morgan fingerprint density at radius 2 is 1.81 bits per heavy atom. The summed E-state index contributed by atoms with van der Waals surface area (Å²) in [5, 5.41) is 0. The van der Waals surface area contributed by atoms with Crippen LogP contribution in [0.2, 0.25) is 0 Å². The van der Waals surface area contributed by atoms with Crippen molar-refractivity contribution in [2.45, 2.75) is 33.1 Å². The molecule has 1 rings (SSSR count). The van der Waals surface area contributed by atoms with Crippen molar-refractivity contribution in [1.29, 1.82) is 0 Å². The number of halogens is 2. The fourth-order valence-electron chi connectivity index (χ4n) is 1.85. The molecule has 0 heterocycles. The van der Waals surface area contributed by atoms with Gasteiger partial charge in [0.1, 0.15) is 0 Å². The van der Waals surface area contributed by atoms with Crippen LogP contribution in [-0.2, 0) is 20.7 Å². The molecule has 0 radical (unpaired) electrons. The van der Waals surface area contributed by atoms with Crippen molar-refractivity contribution < 1.29 is 27.8 Å². The van der Waals surface area contributed by atoms with Crippen LogP contribution in [-0.4, -0.2) is 25.2 Å². The molecule has 0 aliphatic heterocycles. The van der Waals surface area contributed by atoms with Crippen LogP contribution in [0.5, 0.6) is 0 Å². The Labute approximate surface area is 122 Å². The number of benzene rings is 1. The van der Waals surface area contributed by atoms with Gasteiger partial charge in [-0.05, 0) is 38.0 Å². The fraction of sp³-hybridized carbons (Fsp3) is 0.467. The Bertz CT molecular complexity index is 500. The van der Waals surface area contributed by atoms with Crippen molar-refractivity contribution >= 4 is 11.9 Å². The van der Waals surface area contributed by atoms with Crippen LogP contribution in [0.3, 0.4) is 0 Å². The minimum absolute atomic E-state index is 0.0140. The van der Waals surface area contributed by atoms with Crippen LogP contribution < -0.4 is 0 Å². The van der Waals surface area contributed by atoms with Gasteiger partial charge in [-0.3, -0.25) is 4.79 Å². The van der Waals surface area contributed by atoms with Crippen molar-refractivity contribution in [3.8, 4) is 0 Å². The van der Waals surface area contributed by atoms with E-state index in [0.717, 1.165) is 0 Å². The Hall–Kier alpha value is -1.98. The molecule has 0 spiro atoms. The van der Waals surface area contributed by atoms with E-state index in [1.165, 1.54) is 18.2 Å². The van der Waals surface area contributed by atoms with Gasteiger partial charge in [0.15, 0.2) is 0 Å². The van der Waals surface area contributed by atoms with Gasteiger partial charge in [0, 0.05) is 12.0 Å². The molecule has 1 aromatic rings. The minimum Gasteiger partial charge on any atom is -0.466 e. The second kappa shape index (κ2) is 8.34. The smallest absolute Gasteiger partial charge is 0.338 e. The van der Waals surface area contributed by atoms with Crippen LogP contribution in [0.15, 0.2) is 18.2 Å². The number of rotatable bonds is 7. The van der Waals surface area contributed by atoms with Gasteiger partial charge in [0.25, 0.3) is 6.43 Å². The Balaban J connectivity index is 2.93. The van der Waals surface area contributed by atoms with E-state index in [1.807, 2.05) is 0 Å². The highest BCUT2D eigenvalue weighted by Crippen LogP contribution is 2.25. The number of alkyl halides is 2. The third-order valence-electron chi connectivity index (χ3n) is 2.79. The number of esters is 2. The lowest BCUT2D eigenvalue weighted by Gasteiger charge is -2.11. The van der Waals surface area contributed by atoms with Gasteiger partial charge in [-0.25, -0.2) is 13.6 Å². The van der Waals surface area contributed by atoms with Gasteiger partial charge in [-0.15, -0.1) is 0 Å². The molecule has 0 N–H and O–H groups in total. The summed E-state index contributed by atoms with van der Waals surface area (Å²) >= 11 is 0. The van der Waals surface area contributed by atoms with Gasteiger partial charge < -0.3 is 9.47 Å². The van der Waals surface area contributed by atoms with Crippen LogP contribution >= 0.6 is 0 Å². The standard InChI is InChI=1S/C15H18F2O4/c1-3-20-13(18)8-6-10-9-11(15(19)21-4-2)5-7-12(10)14(16)17/h5,7,9,14H,3-4,6,8H2,1-2H3. The highest BCUT2D eigenvalue weighted by atomic mass is 19.3. The van der Waals surface area contributed by atoms with E-state index in [1.54, 1.807) is 13.8 Å². The molecule has 0 saturated heterocycles. The SMILES string of the molecule is CCOC(=O)CCc1cc(C(=O)OCC)ccc1C(F)F. The summed E-state index contributed by atoms with van der Waals surface area (Å²) in [7, 11) is 0. The quantitative estimate of drug-likeness (QED) is 0.725. The summed E-state index contributed by atoms with van der Waals surface area (Å²) in [6, 6.07) is 3.84. The maximum Gasteiger partial charge on any atom is 0.338 e. The van der Waals surface area contributed by atoms with Crippen molar-refractivity contribution in [1.82, 2.24) is 0 Å². The summed E-state index contributed by atoms with van der Waals surface area (Å²) in [4.78, 5) is 22.9. The van der Waals surface area contributed by atoms with Crippen molar-refractivity contribution in [2.24, 2.45) is 0 Å². The van der Waals surface area contributed by atoms with Gasteiger partial charge in [-0.1, -0.05) is 6.07 Å². The number of hydrogen-bond donors (Lipinski definition) is 0. The first kappa shape index (κ1) is 17.1. The Morgan fingerprint density at radius 3 is 2.38 bits per heavy atom. The van der Waals surface area contributed by atoms with E-state index in [4.69, 9.17) is 9.47 Å². The number of aryl methyl sites for hydroxylation is 1. The number of carbonyl (C=O) groups excluding carboxylic acids is 2. The third-order valence-corrected chi connectivity index (χ3v) is 2.79. The van der Waals surface area contributed by atoms with E-state index in [2.05, 4.69) is 0 Å². The lowest BCUT2D eigenvalue weighted by atomic mass is 10.00. The molecule has 6 heteroatoms. The third kappa shape index (κ3) is 5.13. The molecular formula is C15H18F2O4. The molecule has 4 nitrogen and oxygen atoms in total. The highest BCUT2D eigenvalue weighted by Gasteiger charge is 2.17. The molecule has 0 aliphatic rings. The molecule has 0 bridgehead atoms. The van der Waals surface area contributed by atoms with Gasteiger partial charge in [-0.2, -0.15) is 0 Å². The summed E-state index contributed by atoms with van der Waals surface area (Å²) < 4.78 is 35.5. The van der Waals surface area contributed by atoms with Crippen LogP contribution in [0.25, 0.3) is 0 Å². The molecule has 1 aromatic carbocycles. The first-order valence-electron chi connectivity index (χ1n) is 6.73. The average molecular weight is 300 g/mol. The second-order valence-electron chi connectivity index (χ2n) is 4.24. The zero-order chi connectivity index (χ0) is 15.8. The lowest BCUT2D eigenvalue weighted by Crippen LogP contribution is -2.09. The van der Waals surface area contributed by atoms with Crippen LogP contribution in [0.4, 0.5) is 8.78 Å². The van der Waals surface area contributed by atoms with Crippen molar-refractivity contribution in [2.75, 3.05) is 13.2 Å². The maximum atomic E-state index is 12.9. The van der Waals surface area contributed by atoms with Gasteiger partial charge in [0.2, 0.25) is 0 Å². The highest BCUT2D eigenvalue weighted by molar-refractivity contribution is 5.89. The Morgan fingerprint density at radius 1 is 1.14 bits per heavy atom. The van der Waals surface area contributed by atoms with Gasteiger partial charge >= 0.3 is 11.9 Å².